The zero-order valence-corrected chi connectivity index (χ0v) is 17.6. The number of aryl methyl sites for hydroxylation is 1. The van der Waals surface area contributed by atoms with Gasteiger partial charge in [-0.15, -0.1) is 35.3 Å². The molecule has 25 heavy (non-hydrogen) atoms. The lowest BCUT2D eigenvalue weighted by molar-refractivity contribution is 0.320. The molecule has 0 spiro atoms. The van der Waals surface area contributed by atoms with Crippen LogP contribution >= 0.6 is 35.3 Å². The summed E-state index contributed by atoms with van der Waals surface area (Å²) < 4.78 is 18.6. The van der Waals surface area contributed by atoms with Crippen molar-refractivity contribution in [3.05, 3.63) is 46.2 Å². The van der Waals surface area contributed by atoms with Gasteiger partial charge in [-0.2, -0.15) is 0 Å². The van der Waals surface area contributed by atoms with Gasteiger partial charge in [-0.3, -0.25) is 0 Å². The fraction of sp³-hybridized carbons (Fsp3) is 0.412. The number of hydrogen-bond acceptors (Lipinski definition) is 4. The van der Waals surface area contributed by atoms with Gasteiger partial charge in [-0.05, 0) is 25.5 Å². The minimum atomic E-state index is -0.301. The van der Waals surface area contributed by atoms with Crippen molar-refractivity contribution in [1.82, 2.24) is 15.6 Å². The van der Waals surface area contributed by atoms with Crippen LogP contribution in [-0.4, -0.2) is 30.6 Å². The van der Waals surface area contributed by atoms with E-state index in [2.05, 4.69) is 27.5 Å². The Balaban J connectivity index is 0.00000312. The minimum absolute atomic E-state index is 0. The van der Waals surface area contributed by atoms with E-state index in [1.165, 1.54) is 17.0 Å². The Kier molecular flexibility index (Phi) is 10.4. The number of aromatic nitrogens is 1. The molecular weight excluding hydrogens is 454 g/mol. The summed E-state index contributed by atoms with van der Waals surface area (Å²) >= 11 is 1.69. The second kappa shape index (κ2) is 12.0. The number of hydrogen-bond donors (Lipinski definition) is 2. The Bertz CT molecular complexity index is 666. The molecule has 0 atom stereocenters. The second-order valence-corrected chi connectivity index (χ2v) is 6.20. The van der Waals surface area contributed by atoms with E-state index < -0.39 is 0 Å². The molecule has 0 radical (unpaired) electrons. The summed E-state index contributed by atoms with van der Waals surface area (Å²) in [6, 6.07) is 6.12. The number of benzene rings is 1. The van der Waals surface area contributed by atoms with E-state index in [0.717, 1.165) is 18.0 Å². The Labute approximate surface area is 169 Å². The summed E-state index contributed by atoms with van der Waals surface area (Å²) in [5, 5.41) is 7.38. The summed E-state index contributed by atoms with van der Waals surface area (Å²) in [5.74, 6) is 0.937. The molecule has 2 rings (SSSR count). The molecule has 0 amide bonds. The van der Waals surface area contributed by atoms with Crippen LogP contribution in [0.25, 0.3) is 0 Å². The molecule has 0 aliphatic rings. The van der Waals surface area contributed by atoms with E-state index in [-0.39, 0.29) is 29.8 Å². The number of aliphatic imine (C=N–C) groups is 1. The average molecular weight is 478 g/mol. The van der Waals surface area contributed by atoms with Gasteiger partial charge in [0, 0.05) is 23.7 Å². The fourth-order valence-corrected chi connectivity index (χ4v) is 2.76. The van der Waals surface area contributed by atoms with E-state index in [1.807, 2.05) is 13.1 Å². The number of nitrogens with zero attached hydrogens (tertiary/aromatic N) is 2. The number of ether oxygens (including phenoxy) is 1. The van der Waals surface area contributed by atoms with Gasteiger partial charge in [0.15, 0.2) is 5.96 Å². The second-order valence-electron chi connectivity index (χ2n) is 5.00. The molecule has 0 saturated heterocycles. The first-order chi connectivity index (χ1) is 11.7. The highest BCUT2D eigenvalue weighted by atomic mass is 127. The third-order valence-corrected chi connectivity index (χ3v) is 4.25. The van der Waals surface area contributed by atoms with Crippen LogP contribution in [0.5, 0.6) is 5.75 Å². The average Bonchev–Trinajstić information content (AvgIpc) is 3.04. The highest BCUT2D eigenvalue weighted by molar-refractivity contribution is 14.0. The number of guanidine groups is 1. The van der Waals surface area contributed by atoms with Crippen LogP contribution in [-0.2, 0) is 13.0 Å². The zero-order valence-electron chi connectivity index (χ0n) is 14.4. The molecule has 5 nitrogen and oxygen atoms in total. The van der Waals surface area contributed by atoms with Crippen molar-refractivity contribution in [2.75, 3.05) is 19.7 Å². The fourth-order valence-electron chi connectivity index (χ4n) is 1.97. The molecule has 2 aromatic rings. The maximum absolute atomic E-state index is 13.1. The van der Waals surface area contributed by atoms with Gasteiger partial charge in [0.1, 0.15) is 23.2 Å². The van der Waals surface area contributed by atoms with Crippen LogP contribution in [0.1, 0.15) is 23.7 Å². The van der Waals surface area contributed by atoms with E-state index in [4.69, 9.17) is 4.74 Å². The molecule has 0 fully saturated rings. The van der Waals surface area contributed by atoms with E-state index in [9.17, 15) is 4.39 Å². The summed E-state index contributed by atoms with van der Waals surface area (Å²) in [6.07, 6.45) is 2.90. The third kappa shape index (κ3) is 8.00. The van der Waals surface area contributed by atoms with Crippen LogP contribution in [0, 0.1) is 5.82 Å². The van der Waals surface area contributed by atoms with E-state index in [1.54, 1.807) is 23.5 Å². The van der Waals surface area contributed by atoms with Crippen LogP contribution in [0.3, 0.4) is 0 Å². The first kappa shape index (κ1) is 21.6. The lowest BCUT2D eigenvalue weighted by Crippen LogP contribution is -2.39. The number of halogens is 2. The largest absolute Gasteiger partial charge is 0.492 e. The monoisotopic (exact) mass is 478 g/mol. The van der Waals surface area contributed by atoms with Crippen LogP contribution < -0.4 is 15.4 Å². The first-order valence-corrected chi connectivity index (χ1v) is 8.87. The normalized spacial score (nSPS) is 10.9. The van der Waals surface area contributed by atoms with Crippen molar-refractivity contribution in [3.63, 3.8) is 0 Å². The Hall–Kier alpha value is -1.42. The summed E-state index contributed by atoms with van der Waals surface area (Å²) in [5.41, 5.74) is 0. The maximum atomic E-state index is 13.1. The summed E-state index contributed by atoms with van der Waals surface area (Å²) in [6.45, 7) is 6.44. The lowest BCUT2D eigenvalue weighted by atomic mass is 10.3. The quantitative estimate of drug-likeness (QED) is 0.264. The standard InChI is InChI=1S/C17H23FN4OS.HI/c1-3-15-11-21-16(24-15)12-22-17(19-4-2)20-8-9-23-14-7-5-6-13(18)10-14;/h5-7,10-11H,3-4,8-9,12H2,1-2H3,(H2,19,20,22);1H. The SMILES string of the molecule is CCNC(=NCc1ncc(CC)s1)NCCOc1cccc(F)c1.I. The predicted octanol–water partition coefficient (Wildman–Crippen LogP) is 3.60. The van der Waals surface area contributed by atoms with Crippen molar-refractivity contribution in [2.24, 2.45) is 4.99 Å². The highest BCUT2D eigenvalue weighted by Gasteiger charge is 2.02. The molecule has 0 saturated carbocycles. The molecule has 1 aromatic carbocycles. The third-order valence-electron chi connectivity index (χ3n) is 3.13. The van der Waals surface area contributed by atoms with Gasteiger partial charge in [0.25, 0.3) is 0 Å². The Morgan fingerprint density at radius 2 is 2.16 bits per heavy atom. The summed E-state index contributed by atoms with van der Waals surface area (Å²) in [7, 11) is 0. The number of thiazole rings is 1. The van der Waals surface area contributed by atoms with E-state index >= 15 is 0 Å². The van der Waals surface area contributed by atoms with E-state index in [0.29, 0.717) is 31.4 Å². The van der Waals surface area contributed by atoms with Crippen molar-refractivity contribution >= 4 is 41.3 Å². The van der Waals surface area contributed by atoms with Crippen molar-refractivity contribution < 1.29 is 9.13 Å². The smallest absolute Gasteiger partial charge is 0.191 e. The van der Waals surface area contributed by atoms with Crippen LogP contribution in [0.15, 0.2) is 35.5 Å². The Morgan fingerprint density at radius 3 is 2.84 bits per heavy atom. The first-order valence-electron chi connectivity index (χ1n) is 8.05. The van der Waals surface area contributed by atoms with Crippen molar-refractivity contribution in [1.29, 1.82) is 0 Å². The minimum Gasteiger partial charge on any atom is -0.492 e. The zero-order chi connectivity index (χ0) is 17.2. The van der Waals surface area contributed by atoms with Gasteiger partial charge >= 0.3 is 0 Å². The molecule has 0 bridgehead atoms. The molecule has 0 unspecified atom stereocenters. The highest BCUT2D eigenvalue weighted by Crippen LogP contribution is 2.14. The molecule has 1 heterocycles. The molecular formula is C17H24FIN4OS. The molecule has 2 N–H and O–H groups in total. The molecule has 8 heteroatoms. The molecule has 1 aromatic heterocycles. The predicted molar refractivity (Wildman–Crippen MR) is 112 cm³/mol. The summed E-state index contributed by atoms with van der Waals surface area (Å²) in [4.78, 5) is 10.1. The molecule has 138 valence electrons. The van der Waals surface area contributed by atoms with Crippen molar-refractivity contribution in [3.8, 4) is 5.75 Å². The van der Waals surface area contributed by atoms with Gasteiger partial charge < -0.3 is 15.4 Å². The topological polar surface area (TPSA) is 58.5 Å². The number of rotatable bonds is 8. The lowest BCUT2D eigenvalue weighted by Gasteiger charge is -2.11. The van der Waals surface area contributed by atoms with Crippen LogP contribution in [0.4, 0.5) is 4.39 Å². The van der Waals surface area contributed by atoms with Gasteiger partial charge in [-0.1, -0.05) is 13.0 Å². The molecule has 0 aliphatic carbocycles. The van der Waals surface area contributed by atoms with Gasteiger partial charge in [-0.25, -0.2) is 14.4 Å². The molecule has 0 aliphatic heterocycles. The maximum Gasteiger partial charge on any atom is 0.191 e. The Morgan fingerprint density at radius 1 is 1.32 bits per heavy atom. The van der Waals surface area contributed by atoms with Gasteiger partial charge in [0.2, 0.25) is 0 Å². The van der Waals surface area contributed by atoms with Crippen molar-refractivity contribution in [2.45, 2.75) is 26.8 Å². The van der Waals surface area contributed by atoms with Crippen LogP contribution in [0.2, 0.25) is 0 Å². The number of nitrogens with one attached hydrogen (secondary N) is 2. The van der Waals surface area contributed by atoms with Gasteiger partial charge in [0.05, 0.1) is 13.1 Å².